The first-order valence-electron chi connectivity index (χ1n) is 8.40. The van der Waals surface area contributed by atoms with Crippen LogP contribution in [0.4, 0.5) is 5.69 Å². The average Bonchev–Trinajstić information content (AvgIpc) is 2.51. The van der Waals surface area contributed by atoms with Crippen LogP contribution in [0.3, 0.4) is 0 Å². The van der Waals surface area contributed by atoms with E-state index in [0.29, 0.717) is 6.54 Å². The van der Waals surface area contributed by atoms with Crippen LogP contribution in [0.2, 0.25) is 0 Å². The van der Waals surface area contributed by atoms with Crippen LogP contribution in [0.5, 0.6) is 0 Å². The maximum Gasteiger partial charge on any atom is 0.311 e. The summed E-state index contributed by atoms with van der Waals surface area (Å²) in [4.78, 5) is 27.8. The maximum atomic E-state index is 12.0. The summed E-state index contributed by atoms with van der Waals surface area (Å²) in [5, 5.41) is 2.84. The van der Waals surface area contributed by atoms with Gasteiger partial charge in [0, 0.05) is 26.3 Å². The number of nitrogens with zero attached hydrogens (tertiary/aromatic N) is 2. The number of anilines is 1. The second-order valence-corrected chi connectivity index (χ2v) is 7.60. The standard InChI is InChI=1S/C19H31N3O3/c1-19(2,3)18(24)25-13-17(23)20-12-16(22(6)7)14-8-10-15(11-9-14)21(4)5/h8-11,16H,12-13H2,1-7H3,(H,20,23)/t16-/m1/s1. The van der Waals surface area contributed by atoms with Gasteiger partial charge in [-0.3, -0.25) is 9.59 Å². The molecule has 25 heavy (non-hydrogen) atoms. The molecule has 0 saturated carbocycles. The number of likely N-dealkylation sites (N-methyl/N-ethyl adjacent to an activating group) is 1. The van der Waals surface area contributed by atoms with Crippen molar-refractivity contribution >= 4 is 17.6 Å². The van der Waals surface area contributed by atoms with Gasteiger partial charge < -0.3 is 19.9 Å². The Hall–Kier alpha value is -2.08. The summed E-state index contributed by atoms with van der Waals surface area (Å²) in [5.74, 6) is -0.680. The van der Waals surface area contributed by atoms with Gasteiger partial charge in [0.05, 0.1) is 11.5 Å². The van der Waals surface area contributed by atoms with Gasteiger partial charge in [-0.2, -0.15) is 0 Å². The monoisotopic (exact) mass is 349 g/mol. The van der Waals surface area contributed by atoms with E-state index in [2.05, 4.69) is 29.6 Å². The molecule has 0 aliphatic carbocycles. The molecule has 140 valence electrons. The number of hydrogen-bond acceptors (Lipinski definition) is 5. The Morgan fingerprint density at radius 3 is 2.08 bits per heavy atom. The maximum absolute atomic E-state index is 12.0. The predicted molar refractivity (Wildman–Crippen MR) is 101 cm³/mol. The van der Waals surface area contributed by atoms with E-state index >= 15 is 0 Å². The largest absolute Gasteiger partial charge is 0.455 e. The van der Waals surface area contributed by atoms with Gasteiger partial charge in [-0.25, -0.2) is 0 Å². The molecule has 1 N–H and O–H groups in total. The van der Waals surface area contributed by atoms with Crippen molar-refractivity contribution in [3.05, 3.63) is 29.8 Å². The Labute approximate surface area is 151 Å². The summed E-state index contributed by atoms with van der Waals surface area (Å²) in [6.07, 6.45) is 0. The van der Waals surface area contributed by atoms with Crippen molar-refractivity contribution in [2.24, 2.45) is 5.41 Å². The molecular weight excluding hydrogens is 318 g/mol. The van der Waals surface area contributed by atoms with Gasteiger partial charge in [0.1, 0.15) is 0 Å². The van der Waals surface area contributed by atoms with Crippen LogP contribution in [-0.4, -0.2) is 58.1 Å². The van der Waals surface area contributed by atoms with Crippen LogP contribution in [0.25, 0.3) is 0 Å². The van der Waals surface area contributed by atoms with Crippen molar-refractivity contribution in [2.45, 2.75) is 26.8 Å². The van der Waals surface area contributed by atoms with Crippen molar-refractivity contribution in [1.29, 1.82) is 0 Å². The molecule has 0 aromatic heterocycles. The summed E-state index contributed by atoms with van der Waals surface area (Å²) in [7, 11) is 7.93. The quantitative estimate of drug-likeness (QED) is 0.764. The normalized spacial score (nSPS) is 12.6. The molecule has 0 spiro atoms. The highest BCUT2D eigenvalue weighted by Gasteiger charge is 2.24. The minimum atomic E-state index is -0.610. The fraction of sp³-hybridized carbons (Fsp3) is 0.579. The molecule has 6 heteroatoms. The Morgan fingerprint density at radius 1 is 1.08 bits per heavy atom. The summed E-state index contributed by atoms with van der Waals surface area (Å²) in [5.41, 5.74) is 1.63. The molecule has 0 aliphatic rings. The zero-order valence-corrected chi connectivity index (χ0v) is 16.4. The number of rotatable bonds is 7. The van der Waals surface area contributed by atoms with E-state index in [1.54, 1.807) is 20.8 Å². The number of nitrogens with one attached hydrogen (secondary N) is 1. The van der Waals surface area contributed by atoms with Crippen molar-refractivity contribution in [2.75, 3.05) is 46.2 Å². The van der Waals surface area contributed by atoms with E-state index in [-0.39, 0.29) is 24.5 Å². The zero-order valence-electron chi connectivity index (χ0n) is 16.4. The first-order valence-corrected chi connectivity index (χ1v) is 8.40. The second kappa shape index (κ2) is 8.85. The fourth-order valence-electron chi connectivity index (χ4n) is 2.20. The molecule has 0 heterocycles. The lowest BCUT2D eigenvalue weighted by Gasteiger charge is -2.26. The molecule has 1 atom stereocenters. The third-order valence-corrected chi connectivity index (χ3v) is 3.86. The minimum Gasteiger partial charge on any atom is -0.455 e. The molecule has 1 aromatic rings. The Kier molecular flexibility index (Phi) is 7.42. The van der Waals surface area contributed by atoms with E-state index in [4.69, 9.17) is 4.74 Å². The Balaban J connectivity index is 2.61. The van der Waals surface area contributed by atoms with Crippen molar-refractivity contribution in [3.8, 4) is 0 Å². The van der Waals surface area contributed by atoms with Crippen molar-refractivity contribution in [1.82, 2.24) is 10.2 Å². The third-order valence-electron chi connectivity index (χ3n) is 3.86. The van der Waals surface area contributed by atoms with Gasteiger partial charge in [0.2, 0.25) is 0 Å². The first kappa shape index (κ1) is 21.0. The van der Waals surface area contributed by atoms with Crippen LogP contribution < -0.4 is 10.2 Å². The van der Waals surface area contributed by atoms with E-state index in [1.807, 2.05) is 38.0 Å². The summed E-state index contributed by atoms with van der Waals surface area (Å²) >= 11 is 0. The average molecular weight is 349 g/mol. The van der Waals surface area contributed by atoms with E-state index in [0.717, 1.165) is 11.3 Å². The fourth-order valence-corrected chi connectivity index (χ4v) is 2.20. The SMILES string of the molecule is CN(C)c1ccc([C@@H](CNC(=O)COC(=O)C(C)(C)C)N(C)C)cc1. The van der Waals surface area contributed by atoms with Gasteiger partial charge in [-0.05, 0) is 52.6 Å². The Morgan fingerprint density at radius 2 is 1.64 bits per heavy atom. The van der Waals surface area contributed by atoms with Gasteiger partial charge >= 0.3 is 5.97 Å². The number of carbonyl (C=O) groups excluding carboxylic acids is 2. The zero-order chi connectivity index (χ0) is 19.2. The first-order chi connectivity index (χ1) is 11.5. The number of esters is 1. The topological polar surface area (TPSA) is 61.9 Å². The van der Waals surface area contributed by atoms with Crippen LogP contribution >= 0.6 is 0 Å². The van der Waals surface area contributed by atoms with E-state index in [9.17, 15) is 9.59 Å². The molecule has 6 nitrogen and oxygen atoms in total. The molecule has 0 unspecified atom stereocenters. The highest BCUT2D eigenvalue weighted by Crippen LogP contribution is 2.21. The number of carbonyl (C=O) groups is 2. The second-order valence-electron chi connectivity index (χ2n) is 7.60. The van der Waals surface area contributed by atoms with E-state index in [1.165, 1.54) is 0 Å². The molecule has 0 saturated heterocycles. The number of amides is 1. The lowest BCUT2D eigenvalue weighted by molar-refractivity contribution is -0.156. The van der Waals surface area contributed by atoms with Crippen LogP contribution in [0, 0.1) is 5.41 Å². The van der Waals surface area contributed by atoms with Crippen molar-refractivity contribution in [3.63, 3.8) is 0 Å². The predicted octanol–water partition coefficient (Wildman–Crippen LogP) is 2.06. The van der Waals surface area contributed by atoms with E-state index < -0.39 is 5.41 Å². The molecule has 0 bridgehead atoms. The molecule has 1 amide bonds. The van der Waals surface area contributed by atoms with Crippen molar-refractivity contribution < 1.29 is 14.3 Å². The smallest absolute Gasteiger partial charge is 0.311 e. The van der Waals surface area contributed by atoms with Crippen LogP contribution in [0.1, 0.15) is 32.4 Å². The number of hydrogen-bond donors (Lipinski definition) is 1. The summed E-state index contributed by atoms with van der Waals surface area (Å²) in [6, 6.07) is 8.27. The molecular formula is C19H31N3O3. The van der Waals surface area contributed by atoms with Gasteiger partial charge in [0.15, 0.2) is 6.61 Å². The van der Waals surface area contributed by atoms with Gasteiger partial charge in [-0.1, -0.05) is 12.1 Å². The third kappa shape index (κ3) is 6.74. The number of benzene rings is 1. The number of ether oxygens (including phenoxy) is 1. The van der Waals surface area contributed by atoms with Gasteiger partial charge in [-0.15, -0.1) is 0 Å². The molecule has 1 aromatic carbocycles. The molecule has 0 radical (unpaired) electrons. The van der Waals surface area contributed by atoms with Gasteiger partial charge in [0.25, 0.3) is 5.91 Å². The lowest BCUT2D eigenvalue weighted by Crippen LogP contribution is -2.37. The highest BCUT2D eigenvalue weighted by atomic mass is 16.5. The summed E-state index contributed by atoms with van der Waals surface area (Å²) < 4.78 is 5.04. The minimum absolute atomic E-state index is 0.0403. The van der Waals surface area contributed by atoms with Crippen LogP contribution in [-0.2, 0) is 14.3 Å². The van der Waals surface area contributed by atoms with Crippen LogP contribution in [0.15, 0.2) is 24.3 Å². The Bertz CT molecular complexity index is 575. The highest BCUT2D eigenvalue weighted by molar-refractivity contribution is 5.82. The molecule has 0 fully saturated rings. The molecule has 0 aliphatic heterocycles. The summed E-state index contributed by atoms with van der Waals surface area (Å²) in [6.45, 7) is 5.46. The molecule has 1 rings (SSSR count). The lowest BCUT2D eigenvalue weighted by atomic mass is 9.97.